The van der Waals surface area contributed by atoms with E-state index in [0.29, 0.717) is 24.5 Å². The third-order valence-corrected chi connectivity index (χ3v) is 9.06. The molecule has 2 aliphatic rings. The van der Waals surface area contributed by atoms with Crippen molar-refractivity contribution in [2.24, 2.45) is 5.41 Å². The van der Waals surface area contributed by atoms with Crippen molar-refractivity contribution in [3.8, 4) is 5.75 Å². The lowest BCUT2D eigenvalue weighted by Crippen LogP contribution is -2.34. The molecule has 4 rings (SSSR count). The fourth-order valence-electron chi connectivity index (χ4n) is 4.93. The highest BCUT2D eigenvalue weighted by Gasteiger charge is 2.48. The number of esters is 1. The van der Waals surface area contributed by atoms with Crippen LogP contribution in [-0.4, -0.2) is 50.9 Å². The molecule has 0 radical (unpaired) electrons. The molecule has 0 saturated carbocycles. The minimum absolute atomic E-state index is 0.0811. The molecule has 0 aliphatic carbocycles. The fourth-order valence-corrected chi connectivity index (χ4v) is 7.37. The highest BCUT2D eigenvalue weighted by atomic mass is 31.2. The second-order valence-electron chi connectivity index (χ2n) is 11.1. The van der Waals surface area contributed by atoms with Crippen molar-refractivity contribution in [1.29, 1.82) is 0 Å². The van der Waals surface area contributed by atoms with Crippen LogP contribution in [0.15, 0.2) is 76.9 Å². The number of carbonyl (C=O) groups excluding carboxylic acids is 1. The summed E-state index contributed by atoms with van der Waals surface area (Å²) < 4.78 is 63.4. The molecule has 0 amide bonds. The Hall–Kier alpha value is -3.04. The van der Waals surface area contributed by atoms with Gasteiger partial charge >= 0.3 is 20.2 Å². The van der Waals surface area contributed by atoms with Crippen LogP contribution >= 0.6 is 7.60 Å². The largest absolute Gasteiger partial charge is 0.461 e. The summed E-state index contributed by atoms with van der Waals surface area (Å²) in [6.45, 7) is 5.62. The van der Waals surface area contributed by atoms with Gasteiger partial charge in [0.1, 0.15) is 12.4 Å². The summed E-state index contributed by atoms with van der Waals surface area (Å²) >= 11 is 0. The van der Waals surface area contributed by atoms with Gasteiger partial charge in [0, 0.05) is 35.5 Å². The van der Waals surface area contributed by atoms with Gasteiger partial charge < -0.3 is 23.8 Å². The number of benzene rings is 2. The molecule has 222 valence electrons. The molecule has 2 aliphatic heterocycles. The Bertz CT molecular complexity index is 1350. The summed E-state index contributed by atoms with van der Waals surface area (Å²) in [5, 5.41) is 3.29. The van der Waals surface area contributed by atoms with E-state index in [2.05, 4.69) is 5.32 Å². The number of hydrogen-bond donors (Lipinski definition) is 1. The van der Waals surface area contributed by atoms with Crippen LogP contribution in [0, 0.1) is 5.41 Å². The van der Waals surface area contributed by atoms with Gasteiger partial charge in [-0.15, -0.1) is 0 Å². The Kier molecular flexibility index (Phi) is 9.70. The minimum Gasteiger partial charge on any atom is -0.461 e. The molecule has 0 bridgehead atoms. The van der Waals surface area contributed by atoms with E-state index in [9.17, 15) is 18.1 Å². The van der Waals surface area contributed by atoms with E-state index in [4.69, 9.17) is 18.5 Å². The van der Waals surface area contributed by atoms with Crippen LogP contribution in [0.2, 0.25) is 0 Å². The number of dihydropyridines is 1. The van der Waals surface area contributed by atoms with Crippen LogP contribution in [0.5, 0.6) is 5.75 Å². The van der Waals surface area contributed by atoms with E-state index in [1.165, 1.54) is 6.07 Å². The molecule has 11 heteroatoms. The molecule has 2 aromatic carbocycles. The van der Waals surface area contributed by atoms with E-state index in [0.717, 1.165) is 5.56 Å². The van der Waals surface area contributed by atoms with Crippen molar-refractivity contribution in [3.05, 3.63) is 88.0 Å². The van der Waals surface area contributed by atoms with Crippen LogP contribution < -0.4 is 10.1 Å². The van der Waals surface area contributed by atoms with Crippen molar-refractivity contribution < 1.29 is 36.7 Å². The van der Waals surface area contributed by atoms with Crippen LogP contribution in [0.3, 0.4) is 0 Å². The summed E-state index contributed by atoms with van der Waals surface area (Å²) in [7, 11) is -2.04. The first kappa shape index (κ1) is 30.9. The standard InChI is InChI=1S/C30H37F2N2O6P/c1-20-25(28(35)37-16-15-34(5)17-22-11-7-6-8-12-22)26(23-13-9-10-14-24(23)40-29(31)32)27(21(2)33-20)41(36)38-18-30(3,4)19-39-41/h6-14,26,29,33H,15-19H2,1-5H3. The van der Waals surface area contributed by atoms with Gasteiger partial charge in [-0.3, -0.25) is 9.46 Å². The zero-order valence-electron chi connectivity index (χ0n) is 24.0. The first-order valence-corrected chi connectivity index (χ1v) is 15.0. The second-order valence-corrected chi connectivity index (χ2v) is 13.1. The number of carbonyl (C=O) groups is 1. The van der Waals surface area contributed by atoms with Gasteiger partial charge in [0.25, 0.3) is 0 Å². The number of para-hydroxylation sites is 1. The Labute approximate surface area is 239 Å². The molecule has 1 fully saturated rings. The Morgan fingerprint density at radius 2 is 1.71 bits per heavy atom. The van der Waals surface area contributed by atoms with Crippen molar-refractivity contribution in [2.75, 3.05) is 33.4 Å². The molecule has 1 N–H and O–H groups in total. The van der Waals surface area contributed by atoms with Gasteiger partial charge in [-0.25, -0.2) is 4.79 Å². The highest BCUT2D eigenvalue weighted by Crippen LogP contribution is 2.67. The average molecular weight is 591 g/mol. The number of hydrogen-bond acceptors (Lipinski definition) is 8. The van der Waals surface area contributed by atoms with Crippen molar-refractivity contribution in [2.45, 2.75) is 46.8 Å². The van der Waals surface area contributed by atoms with Crippen molar-refractivity contribution in [3.63, 3.8) is 0 Å². The zero-order valence-corrected chi connectivity index (χ0v) is 24.9. The van der Waals surface area contributed by atoms with E-state index in [1.54, 1.807) is 32.0 Å². The molecule has 1 saturated heterocycles. The first-order valence-electron chi connectivity index (χ1n) is 13.4. The fraction of sp³-hybridized carbons (Fsp3) is 0.433. The van der Waals surface area contributed by atoms with Gasteiger partial charge in [-0.2, -0.15) is 8.78 Å². The van der Waals surface area contributed by atoms with E-state index < -0.39 is 26.1 Å². The lowest BCUT2D eigenvalue weighted by Gasteiger charge is -2.39. The molecule has 2 aromatic rings. The van der Waals surface area contributed by atoms with Gasteiger partial charge in [-0.05, 0) is 32.5 Å². The molecule has 0 aromatic heterocycles. The predicted octanol–water partition coefficient (Wildman–Crippen LogP) is 6.42. The van der Waals surface area contributed by atoms with Crippen LogP contribution in [0.1, 0.15) is 44.7 Å². The maximum Gasteiger partial charge on any atom is 0.387 e. The average Bonchev–Trinajstić information content (AvgIpc) is 2.90. The lowest BCUT2D eigenvalue weighted by molar-refractivity contribution is -0.139. The van der Waals surface area contributed by atoms with Crippen LogP contribution in [-0.2, 0) is 29.7 Å². The number of rotatable bonds is 10. The monoisotopic (exact) mass is 590 g/mol. The van der Waals surface area contributed by atoms with Crippen LogP contribution in [0.25, 0.3) is 0 Å². The zero-order chi connectivity index (χ0) is 29.8. The smallest absolute Gasteiger partial charge is 0.387 e. The molecular formula is C30H37F2N2O6P. The maximum absolute atomic E-state index is 14.2. The topological polar surface area (TPSA) is 86.3 Å². The number of allylic oxidation sites excluding steroid dienone is 3. The number of ether oxygens (including phenoxy) is 2. The van der Waals surface area contributed by atoms with E-state index in [1.807, 2.05) is 56.1 Å². The third kappa shape index (κ3) is 7.43. The molecule has 1 atom stereocenters. The van der Waals surface area contributed by atoms with Crippen molar-refractivity contribution >= 4 is 13.6 Å². The lowest BCUT2D eigenvalue weighted by atomic mass is 9.86. The van der Waals surface area contributed by atoms with Crippen LogP contribution in [0.4, 0.5) is 8.78 Å². The first-order chi connectivity index (χ1) is 19.4. The number of nitrogens with zero attached hydrogens (tertiary/aromatic N) is 1. The Morgan fingerprint density at radius 1 is 1.07 bits per heavy atom. The van der Waals surface area contributed by atoms with Gasteiger partial charge in [-0.1, -0.05) is 62.4 Å². The Balaban J connectivity index is 1.65. The summed E-state index contributed by atoms with van der Waals surface area (Å²) in [6.07, 6.45) is 0. The number of alkyl halides is 2. The molecule has 0 spiro atoms. The summed E-state index contributed by atoms with van der Waals surface area (Å²) in [5.74, 6) is -1.90. The molecule has 8 nitrogen and oxygen atoms in total. The van der Waals surface area contributed by atoms with Gasteiger partial charge in [0.05, 0.1) is 30.0 Å². The maximum atomic E-state index is 14.2. The molecule has 1 unspecified atom stereocenters. The second kappa shape index (κ2) is 12.9. The minimum atomic E-state index is -3.96. The Morgan fingerprint density at radius 3 is 2.37 bits per heavy atom. The summed E-state index contributed by atoms with van der Waals surface area (Å²) in [6, 6.07) is 16.0. The molecule has 41 heavy (non-hydrogen) atoms. The normalized spacial score (nSPS) is 20.3. The summed E-state index contributed by atoms with van der Waals surface area (Å²) in [5.41, 5.74) is 1.97. The van der Waals surface area contributed by atoms with E-state index in [-0.39, 0.29) is 47.4 Å². The highest BCUT2D eigenvalue weighted by molar-refractivity contribution is 7.58. The molecule has 2 heterocycles. The van der Waals surface area contributed by atoms with Gasteiger partial charge in [0.2, 0.25) is 0 Å². The van der Waals surface area contributed by atoms with Crippen molar-refractivity contribution in [1.82, 2.24) is 10.2 Å². The summed E-state index contributed by atoms with van der Waals surface area (Å²) in [4.78, 5) is 15.7. The van der Waals surface area contributed by atoms with Gasteiger partial charge in [0.15, 0.2) is 0 Å². The third-order valence-electron chi connectivity index (χ3n) is 6.94. The van der Waals surface area contributed by atoms with E-state index >= 15 is 0 Å². The SMILES string of the molecule is CC1=C(C(=O)OCCN(C)Cc2ccccc2)C(c2ccccc2OC(F)F)C(P2(=O)OCC(C)(C)CO2)=C(C)N1. The molecular weight excluding hydrogens is 553 g/mol. The quantitative estimate of drug-likeness (QED) is 0.251. The number of nitrogens with one attached hydrogen (secondary N) is 1. The number of halogens is 2. The predicted molar refractivity (Wildman–Crippen MR) is 151 cm³/mol. The number of likely N-dealkylation sites (N-methyl/N-ethyl adjacent to an activating group) is 1.